The average Bonchev–Trinajstić information content (AvgIpc) is 3.08. The van der Waals surface area contributed by atoms with Gasteiger partial charge in [0.15, 0.2) is 0 Å². The van der Waals surface area contributed by atoms with Crippen molar-refractivity contribution in [3.63, 3.8) is 0 Å². The molecule has 0 saturated carbocycles. The monoisotopic (exact) mass is 209 g/mol. The first-order valence-electron chi connectivity index (χ1n) is 5.28. The molecular weight excluding hydrogens is 198 g/mol. The summed E-state index contributed by atoms with van der Waals surface area (Å²) >= 11 is 0. The van der Waals surface area contributed by atoms with Gasteiger partial charge in [0.1, 0.15) is 0 Å². The second kappa shape index (κ2) is 3.51. The van der Waals surface area contributed by atoms with E-state index in [9.17, 15) is 0 Å². The molecule has 1 aliphatic heterocycles. The quantitative estimate of drug-likeness (QED) is 0.693. The van der Waals surface area contributed by atoms with Crippen LogP contribution in [0.1, 0.15) is 17.2 Å². The number of allylic oxidation sites excluding steroid dienone is 2. The lowest BCUT2D eigenvalue weighted by Crippen LogP contribution is -2.30. The average molecular weight is 209 g/mol. The van der Waals surface area contributed by atoms with Crippen molar-refractivity contribution in [1.29, 1.82) is 5.26 Å². The molecule has 2 unspecified atom stereocenters. The number of hydrazine groups is 1. The van der Waals surface area contributed by atoms with E-state index < -0.39 is 0 Å². The standard InChI is InChI=1S/C13H11N3/c14-8-9-1-3-10(4-2-9)13-12-7-11(12)5-6-15-16-13/h1-7,11,13,15-16H. The Kier molecular flexibility index (Phi) is 2.02. The van der Waals surface area contributed by atoms with Gasteiger partial charge in [0.05, 0.1) is 17.7 Å². The third-order valence-electron chi connectivity index (χ3n) is 2.97. The molecule has 2 N–H and O–H groups in total. The number of hydrogen-bond donors (Lipinski definition) is 2. The maximum absolute atomic E-state index is 8.74. The van der Waals surface area contributed by atoms with Crippen LogP contribution in [0.2, 0.25) is 0 Å². The van der Waals surface area contributed by atoms with Crippen LogP contribution in [0.5, 0.6) is 0 Å². The molecule has 0 spiro atoms. The Balaban J connectivity index is 1.87. The zero-order valence-corrected chi connectivity index (χ0v) is 8.64. The number of benzene rings is 1. The Hall–Kier alpha value is -2.05. The van der Waals surface area contributed by atoms with Gasteiger partial charge in [-0.25, -0.2) is 5.43 Å². The van der Waals surface area contributed by atoms with Gasteiger partial charge in [0.2, 0.25) is 0 Å². The molecule has 3 heteroatoms. The van der Waals surface area contributed by atoms with E-state index in [-0.39, 0.29) is 6.04 Å². The van der Waals surface area contributed by atoms with Crippen molar-refractivity contribution < 1.29 is 0 Å². The molecule has 0 bridgehead atoms. The van der Waals surface area contributed by atoms with Crippen molar-refractivity contribution in [2.75, 3.05) is 0 Å². The van der Waals surface area contributed by atoms with Crippen molar-refractivity contribution in [2.45, 2.75) is 6.04 Å². The van der Waals surface area contributed by atoms with Crippen LogP contribution >= 0.6 is 0 Å². The summed E-state index contributed by atoms with van der Waals surface area (Å²) in [6, 6.07) is 10.1. The van der Waals surface area contributed by atoms with Crippen LogP contribution < -0.4 is 10.9 Å². The summed E-state index contributed by atoms with van der Waals surface area (Å²) in [5, 5.41) is 8.74. The number of nitrogens with zero attached hydrogens (tertiary/aromatic N) is 1. The van der Waals surface area contributed by atoms with E-state index in [1.807, 2.05) is 30.5 Å². The molecule has 16 heavy (non-hydrogen) atoms. The molecule has 1 aromatic rings. The van der Waals surface area contributed by atoms with E-state index in [1.54, 1.807) is 0 Å². The van der Waals surface area contributed by atoms with E-state index in [4.69, 9.17) is 5.26 Å². The predicted octanol–water partition coefficient (Wildman–Crippen LogP) is 1.78. The molecule has 2 aliphatic rings. The van der Waals surface area contributed by atoms with Gasteiger partial charge < -0.3 is 5.43 Å². The summed E-state index contributed by atoms with van der Waals surface area (Å²) in [6.45, 7) is 0. The van der Waals surface area contributed by atoms with E-state index in [0.717, 1.165) is 0 Å². The summed E-state index contributed by atoms with van der Waals surface area (Å²) in [5.74, 6) is 0.503. The van der Waals surface area contributed by atoms with Crippen molar-refractivity contribution >= 4 is 0 Å². The highest BCUT2D eigenvalue weighted by Crippen LogP contribution is 2.41. The van der Waals surface area contributed by atoms with Gasteiger partial charge in [-0.3, -0.25) is 0 Å². The molecule has 0 saturated heterocycles. The fraction of sp³-hybridized carbons (Fsp3) is 0.154. The number of rotatable bonds is 1. The van der Waals surface area contributed by atoms with Crippen LogP contribution in [0.4, 0.5) is 0 Å². The van der Waals surface area contributed by atoms with Crippen LogP contribution in [0.15, 0.2) is 48.2 Å². The molecule has 0 radical (unpaired) electrons. The maximum Gasteiger partial charge on any atom is 0.0991 e. The SMILES string of the molecule is N#Cc1ccc(C2NNC=CC3C=C32)cc1. The summed E-state index contributed by atoms with van der Waals surface area (Å²) in [7, 11) is 0. The Morgan fingerprint density at radius 1 is 1.19 bits per heavy atom. The Morgan fingerprint density at radius 2 is 2.00 bits per heavy atom. The smallest absolute Gasteiger partial charge is 0.0991 e. The van der Waals surface area contributed by atoms with Gasteiger partial charge in [-0.2, -0.15) is 5.26 Å². The van der Waals surface area contributed by atoms with Crippen LogP contribution in [0, 0.1) is 17.2 Å². The Bertz CT molecular complexity index is 505. The van der Waals surface area contributed by atoms with Crippen molar-refractivity contribution in [1.82, 2.24) is 10.9 Å². The first kappa shape index (κ1) is 9.20. The fourth-order valence-corrected chi connectivity index (χ4v) is 2.01. The minimum atomic E-state index is 0.216. The minimum absolute atomic E-state index is 0.216. The molecule has 3 nitrogen and oxygen atoms in total. The van der Waals surface area contributed by atoms with Gasteiger partial charge in [-0.05, 0) is 23.3 Å². The predicted molar refractivity (Wildman–Crippen MR) is 60.9 cm³/mol. The lowest BCUT2D eigenvalue weighted by atomic mass is 10.0. The molecule has 1 aliphatic carbocycles. The summed E-state index contributed by atoms with van der Waals surface area (Å²) in [5.41, 5.74) is 9.57. The summed E-state index contributed by atoms with van der Waals surface area (Å²) in [6.07, 6.45) is 6.30. The third kappa shape index (κ3) is 1.50. The minimum Gasteiger partial charge on any atom is -0.328 e. The van der Waals surface area contributed by atoms with Crippen molar-refractivity contribution in [3.8, 4) is 6.07 Å². The van der Waals surface area contributed by atoms with Crippen LogP contribution in [-0.4, -0.2) is 0 Å². The topological polar surface area (TPSA) is 47.9 Å². The molecule has 3 rings (SSSR count). The molecule has 0 aromatic heterocycles. The number of hydrogen-bond acceptors (Lipinski definition) is 3. The highest BCUT2D eigenvalue weighted by Gasteiger charge is 2.31. The third-order valence-corrected chi connectivity index (χ3v) is 2.97. The first-order chi connectivity index (χ1) is 7.88. The largest absolute Gasteiger partial charge is 0.328 e. The lowest BCUT2D eigenvalue weighted by molar-refractivity contribution is 0.557. The van der Waals surface area contributed by atoms with Gasteiger partial charge >= 0.3 is 0 Å². The summed E-state index contributed by atoms with van der Waals surface area (Å²) < 4.78 is 0. The van der Waals surface area contributed by atoms with Crippen LogP contribution in [-0.2, 0) is 0 Å². The van der Waals surface area contributed by atoms with Gasteiger partial charge in [-0.1, -0.05) is 24.3 Å². The molecule has 2 atom stereocenters. The zero-order valence-electron chi connectivity index (χ0n) is 8.64. The molecule has 1 heterocycles. The van der Waals surface area contributed by atoms with E-state index in [2.05, 4.69) is 29.1 Å². The Morgan fingerprint density at radius 3 is 2.75 bits per heavy atom. The number of nitrogens with one attached hydrogen (secondary N) is 2. The first-order valence-corrected chi connectivity index (χ1v) is 5.28. The number of fused-ring (bicyclic) bond motifs is 1. The van der Waals surface area contributed by atoms with Gasteiger partial charge in [0.25, 0.3) is 0 Å². The lowest BCUT2D eigenvalue weighted by Gasteiger charge is -2.15. The van der Waals surface area contributed by atoms with E-state index in [0.29, 0.717) is 11.5 Å². The second-order valence-electron chi connectivity index (χ2n) is 4.01. The maximum atomic E-state index is 8.74. The van der Waals surface area contributed by atoms with Gasteiger partial charge in [-0.15, -0.1) is 0 Å². The van der Waals surface area contributed by atoms with E-state index in [1.165, 1.54) is 11.1 Å². The van der Waals surface area contributed by atoms with Crippen molar-refractivity contribution in [2.24, 2.45) is 5.92 Å². The molecule has 0 amide bonds. The van der Waals surface area contributed by atoms with Crippen LogP contribution in [0.25, 0.3) is 0 Å². The highest BCUT2D eigenvalue weighted by atomic mass is 15.4. The van der Waals surface area contributed by atoms with Crippen LogP contribution in [0.3, 0.4) is 0 Å². The highest BCUT2D eigenvalue weighted by molar-refractivity contribution is 5.45. The summed E-state index contributed by atoms with van der Waals surface area (Å²) in [4.78, 5) is 0. The van der Waals surface area contributed by atoms with Gasteiger partial charge in [0, 0.05) is 12.1 Å². The zero-order chi connectivity index (χ0) is 11.0. The fourth-order valence-electron chi connectivity index (χ4n) is 2.01. The molecule has 0 fully saturated rings. The number of nitriles is 1. The molecule has 1 aromatic carbocycles. The van der Waals surface area contributed by atoms with Crippen molar-refractivity contribution in [3.05, 3.63) is 59.3 Å². The molecular formula is C13H11N3. The van der Waals surface area contributed by atoms with E-state index >= 15 is 0 Å². The molecule has 78 valence electrons. The second-order valence-corrected chi connectivity index (χ2v) is 4.01. The normalized spacial score (nSPS) is 25.8. The Labute approximate surface area is 94.1 Å².